The van der Waals surface area contributed by atoms with Gasteiger partial charge in [0.1, 0.15) is 10.6 Å². The quantitative estimate of drug-likeness (QED) is 0.531. The van der Waals surface area contributed by atoms with Crippen molar-refractivity contribution >= 4 is 15.7 Å². The van der Waals surface area contributed by atoms with E-state index in [-0.39, 0.29) is 17.2 Å². The third-order valence-corrected chi connectivity index (χ3v) is 4.25. The lowest BCUT2D eigenvalue weighted by atomic mass is 10.1. The van der Waals surface area contributed by atoms with Crippen LogP contribution in [0.25, 0.3) is 0 Å². The number of methoxy groups -OCH3 is 1. The maximum absolute atomic E-state index is 12.2. The number of sulfonamides is 1. The van der Waals surface area contributed by atoms with Crippen molar-refractivity contribution in [2.75, 3.05) is 26.0 Å². The Bertz CT molecular complexity index is 584. The zero-order chi connectivity index (χ0) is 15.6. The van der Waals surface area contributed by atoms with E-state index in [1.54, 1.807) is 6.92 Å². The van der Waals surface area contributed by atoms with Gasteiger partial charge in [0.05, 0.1) is 19.3 Å². The largest absolute Gasteiger partial charge is 0.495 e. The molecule has 5 N–H and O–H groups in total. The van der Waals surface area contributed by atoms with E-state index in [4.69, 9.17) is 15.6 Å². The summed E-state index contributed by atoms with van der Waals surface area (Å²) in [6.45, 7) is 2.15. The summed E-state index contributed by atoms with van der Waals surface area (Å²) in [6, 6.07) is 2.82. The molecule has 0 aliphatic carbocycles. The minimum atomic E-state index is -3.91. The normalized spacial score (nSPS) is 14.8. The number of nitrogens with one attached hydrogen (secondary N) is 1. The van der Waals surface area contributed by atoms with Crippen molar-refractivity contribution < 1.29 is 23.4 Å². The molecule has 20 heavy (non-hydrogen) atoms. The van der Waals surface area contributed by atoms with Crippen molar-refractivity contribution in [3.8, 4) is 5.75 Å². The molecule has 1 atom stereocenters. The molecule has 0 bridgehead atoms. The molecule has 0 spiro atoms. The maximum atomic E-state index is 12.2. The molecule has 0 fully saturated rings. The number of aryl methyl sites for hydroxylation is 1. The molecule has 1 aromatic carbocycles. The van der Waals surface area contributed by atoms with Gasteiger partial charge < -0.3 is 20.7 Å². The highest BCUT2D eigenvalue weighted by atomic mass is 32.2. The lowest BCUT2D eigenvalue weighted by molar-refractivity contribution is 0.00680. The van der Waals surface area contributed by atoms with Gasteiger partial charge in [0.15, 0.2) is 0 Å². The first-order valence-electron chi connectivity index (χ1n) is 5.90. The highest BCUT2D eigenvalue weighted by Crippen LogP contribution is 2.28. The smallest absolute Gasteiger partial charge is 0.244 e. The van der Waals surface area contributed by atoms with Crippen LogP contribution in [0, 0.1) is 6.92 Å². The van der Waals surface area contributed by atoms with E-state index in [1.807, 2.05) is 0 Å². The first kappa shape index (κ1) is 16.7. The zero-order valence-corrected chi connectivity index (χ0v) is 12.5. The van der Waals surface area contributed by atoms with Gasteiger partial charge in [-0.15, -0.1) is 0 Å². The predicted molar refractivity (Wildman–Crippen MR) is 75.0 cm³/mol. The van der Waals surface area contributed by atoms with Crippen LogP contribution < -0.4 is 15.2 Å². The van der Waals surface area contributed by atoms with Crippen molar-refractivity contribution in [3.63, 3.8) is 0 Å². The number of aliphatic hydroxyl groups excluding tert-OH is 1. The number of benzene rings is 1. The highest BCUT2D eigenvalue weighted by Gasteiger charge is 2.26. The summed E-state index contributed by atoms with van der Waals surface area (Å²) in [4.78, 5) is -0.114. The van der Waals surface area contributed by atoms with E-state index in [0.717, 1.165) is 0 Å². The van der Waals surface area contributed by atoms with Crippen molar-refractivity contribution in [3.05, 3.63) is 17.7 Å². The van der Waals surface area contributed by atoms with Crippen LogP contribution in [0.2, 0.25) is 0 Å². The van der Waals surface area contributed by atoms with E-state index in [0.29, 0.717) is 11.3 Å². The Morgan fingerprint density at radius 1 is 1.45 bits per heavy atom. The van der Waals surface area contributed by atoms with E-state index < -0.39 is 22.2 Å². The van der Waals surface area contributed by atoms with Gasteiger partial charge in [-0.2, -0.15) is 0 Å². The van der Waals surface area contributed by atoms with Gasteiger partial charge in [0, 0.05) is 12.2 Å². The van der Waals surface area contributed by atoms with Gasteiger partial charge in [-0.3, -0.25) is 0 Å². The molecule has 7 nitrogen and oxygen atoms in total. The third kappa shape index (κ3) is 3.83. The number of nitrogen functional groups attached to an aromatic ring is 1. The van der Waals surface area contributed by atoms with Crippen LogP contribution in [0.15, 0.2) is 17.0 Å². The molecule has 0 radical (unpaired) electrons. The molecule has 1 unspecified atom stereocenters. The molecule has 114 valence electrons. The van der Waals surface area contributed by atoms with Gasteiger partial charge >= 0.3 is 0 Å². The molecular weight excluding hydrogens is 284 g/mol. The number of ether oxygens (including phenoxy) is 1. The number of nitrogens with two attached hydrogens (primary N) is 1. The Hall–Kier alpha value is -1.35. The fraction of sp³-hybridized carbons (Fsp3) is 0.500. The average Bonchev–Trinajstić information content (AvgIpc) is 2.39. The van der Waals surface area contributed by atoms with Gasteiger partial charge in [0.25, 0.3) is 0 Å². The molecule has 0 saturated heterocycles. The molecule has 1 aromatic rings. The van der Waals surface area contributed by atoms with Crippen LogP contribution in [0.3, 0.4) is 0 Å². The molecule has 0 heterocycles. The van der Waals surface area contributed by atoms with Gasteiger partial charge in [-0.1, -0.05) is 0 Å². The summed E-state index contributed by atoms with van der Waals surface area (Å²) >= 11 is 0. The molecular formula is C12H20N2O5S. The Balaban J connectivity index is 3.13. The predicted octanol–water partition coefficient (Wildman–Crippen LogP) is -0.393. The Morgan fingerprint density at radius 2 is 2.05 bits per heavy atom. The maximum Gasteiger partial charge on any atom is 0.244 e. The zero-order valence-electron chi connectivity index (χ0n) is 11.7. The summed E-state index contributed by atoms with van der Waals surface area (Å²) in [6.07, 6.45) is 0. The average molecular weight is 304 g/mol. The standard InChI is InChI=1S/C12H20N2O5S/c1-8-4-10(19-3)11(5-9(8)13)20(17,18)14-6-12(2,16)7-15/h4-5,14-16H,6-7,13H2,1-3H3. The number of aliphatic hydroxyl groups is 2. The highest BCUT2D eigenvalue weighted by molar-refractivity contribution is 7.89. The second kappa shape index (κ2) is 5.96. The minimum Gasteiger partial charge on any atom is -0.495 e. The summed E-state index contributed by atoms with van der Waals surface area (Å²) in [5.74, 6) is 0.160. The number of hydrogen-bond acceptors (Lipinski definition) is 6. The molecule has 0 aliphatic heterocycles. The number of hydrogen-bond donors (Lipinski definition) is 4. The Kier molecular flexibility index (Phi) is 4.98. The van der Waals surface area contributed by atoms with E-state index >= 15 is 0 Å². The first-order chi connectivity index (χ1) is 9.13. The van der Waals surface area contributed by atoms with Crippen LogP contribution >= 0.6 is 0 Å². The van der Waals surface area contributed by atoms with E-state index in [9.17, 15) is 13.5 Å². The van der Waals surface area contributed by atoms with E-state index in [1.165, 1.54) is 26.2 Å². The van der Waals surface area contributed by atoms with Crippen LogP contribution in [0.4, 0.5) is 5.69 Å². The van der Waals surface area contributed by atoms with Crippen LogP contribution in [0.1, 0.15) is 12.5 Å². The fourth-order valence-electron chi connectivity index (χ4n) is 1.43. The molecule has 1 rings (SSSR count). The van der Waals surface area contributed by atoms with Gasteiger partial charge in [-0.05, 0) is 31.5 Å². The second-order valence-corrected chi connectivity index (χ2v) is 6.57. The first-order valence-corrected chi connectivity index (χ1v) is 7.38. The van der Waals surface area contributed by atoms with Crippen molar-refractivity contribution in [2.24, 2.45) is 0 Å². The molecule has 0 aromatic heterocycles. The lowest BCUT2D eigenvalue weighted by Crippen LogP contribution is -2.43. The summed E-state index contributed by atoms with van der Waals surface area (Å²) < 4.78 is 31.7. The topological polar surface area (TPSA) is 122 Å². The van der Waals surface area contributed by atoms with Gasteiger partial charge in [-0.25, -0.2) is 13.1 Å². The Morgan fingerprint density at radius 3 is 2.55 bits per heavy atom. The molecule has 0 amide bonds. The van der Waals surface area contributed by atoms with Crippen LogP contribution in [-0.4, -0.2) is 44.5 Å². The van der Waals surface area contributed by atoms with Gasteiger partial charge in [0.2, 0.25) is 10.0 Å². The molecule has 8 heteroatoms. The van der Waals surface area contributed by atoms with Crippen molar-refractivity contribution in [2.45, 2.75) is 24.3 Å². The minimum absolute atomic E-state index is 0.114. The monoisotopic (exact) mass is 304 g/mol. The molecule has 0 aliphatic rings. The molecule has 0 saturated carbocycles. The van der Waals surface area contributed by atoms with Crippen molar-refractivity contribution in [1.29, 1.82) is 0 Å². The second-order valence-electron chi connectivity index (χ2n) is 4.84. The lowest BCUT2D eigenvalue weighted by Gasteiger charge is -2.21. The number of rotatable bonds is 6. The SMILES string of the molecule is COc1cc(C)c(N)cc1S(=O)(=O)NCC(C)(O)CO. The number of anilines is 1. The summed E-state index contributed by atoms with van der Waals surface area (Å²) in [5, 5.41) is 18.5. The van der Waals surface area contributed by atoms with Crippen LogP contribution in [-0.2, 0) is 10.0 Å². The third-order valence-electron chi connectivity index (χ3n) is 2.83. The summed E-state index contributed by atoms with van der Waals surface area (Å²) in [5.41, 5.74) is 5.18. The fourth-order valence-corrected chi connectivity index (χ4v) is 2.78. The Labute approximate surface area is 118 Å². The van der Waals surface area contributed by atoms with Crippen molar-refractivity contribution in [1.82, 2.24) is 4.72 Å². The van der Waals surface area contributed by atoms with E-state index in [2.05, 4.69) is 4.72 Å². The summed E-state index contributed by atoms with van der Waals surface area (Å²) in [7, 11) is -2.56. The van der Waals surface area contributed by atoms with Crippen LogP contribution in [0.5, 0.6) is 5.75 Å².